The maximum Gasteiger partial charge on any atom is 0.226 e. The third kappa shape index (κ3) is 4.52. The van der Waals surface area contributed by atoms with E-state index in [0.717, 1.165) is 32.5 Å². The number of hydrogen-bond acceptors (Lipinski definition) is 3. The summed E-state index contributed by atoms with van der Waals surface area (Å²) in [7, 11) is 0. The molecule has 3 heterocycles. The quantitative estimate of drug-likeness (QED) is 0.755. The van der Waals surface area contributed by atoms with Crippen molar-refractivity contribution < 1.29 is 9.18 Å². The molecule has 3 aromatic rings. The number of carbonyl (C=O) groups is 1. The van der Waals surface area contributed by atoms with Crippen LogP contribution < -0.4 is 5.32 Å². The number of benzene rings is 1. The molecule has 27 heavy (non-hydrogen) atoms. The summed E-state index contributed by atoms with van der Waals surface area (Å²) < 4.78 is 14.9. The molecule has 0 atom stereocenters. The van der Waals surface area contributed by atoms with Crippen LogP contribution in [0.15, 0.2) is 54.9 Å². The number of amides is 1. The average molecular weight is 366 g/mol. The minimum absolute atomic E-state index is 0.0274. The van der Waals surface area contributed by atoms with Gasteiger partial charge in [-0.25, -0.2) is 9.37 Å². The van der Waals surface area contributed by atoms with Gasteiger partial charge in [-0.15, -0.1) is 0 Å². The second kappa shape index (κ2) is 7.88. The number of likely N-dealkylation sites (tertiary alicyclic amines) is 1. The van der Waals surface area contributed by atoms with Crippen LogP contribution in [0.2, 0.25) is 0 Å². The van der Waals surface area contributed by atoms with Gasteiger partial charge in [0.25, 0.3) is 0 Å². The minimum atomic E-state index is -0.321. The fourth-order valence-corrected chi connectivity index (χ4v) is 3.62. The van der Waals surface area contributed by atoms with Gasteiger partial charge in [0.1, 0.15) is 11.5 Å². The third-order valence-corrected chi connectivity index (χ3v) is 5.01. The fraction of sp³-hybridized carbons (Fsp3) is 0.333. The first-order valence-electron chi connectivity index (χ1n) is 9.34. The van der Waals surface area contributed by atoms with Crippen LogP contribution >= 0.6 is 0 Å². The molecule has 1 aliphatic heterocycles. The maximum atomic E-state index is 13.3. The molecular weight excluding hydrogens is 343 g/mol. The Morgan fingerprint density at radius 2 is 1.89 bits per heavy atom. The zero-order chi connectivity index (χ0) is 18.6. The van der Waals surface area contributed by atoms with Gasteiger partial charge in [0.15, 0.2) is 0 Å². The van der Waals surface area contributed by atoms with E-state index in [1.165, 1.54) is 17.8 Å². The number of nitrogens with zero attached hydrogens (tertiary/aromatic N) is 3. The van der Waals surface area contributed by atoms with Crippen molar-refractivity contribution in [2.24, 2.45) is 0 Å². The molecule has 1 aliphatic rings. The number of carbonyl (C=O) groups excluding carboxylic acids is 1. The molecule has 140 valence electrons. The van der Waals surface area contributed by atoms with E-state index in [4.69, 9.17) is 0 Å². The number of hydrogen-bond donors (Lipinski definition) is 1. The first-order chi connectivity index (χ1) is 13.2. The molecule has 0 unspecified atom stereocenters. The van der Waals surface area contributed by atoms with Crippen molar-refractivity contribution in [3.05, 3.63) is 71.9 Å². The van der Waals surface area contributed by atoms with Gasteiger partial charge in [-0.1, -0.05) is 30.3 Å². The average Bonchev–Trinajstić information content (AvgIpc) is 3.05. The number of nitrogens with one attached hydrogen (secondary N) is 1. The first-order valence-corrected chi connectivity index (χ1v) is 9.34. The van der Waals surface area contributed by atoms with Gasteiger partial charge in [0.2, 0.25) is 5.91 Å². The van der Waals surface area contributed by atoms with Gasteiger partial charge in [-0.3, -0.25) is 9.69 Å². The SMILES string of the molecule is O=C(Cc1cn2cc(F)ccc2n1)NC1CCN(Cc2ccccc2)CC1. The van der Waals surface area contributed by atoms with Gasteiger partial charge in [0.05, 0.1) is 12.1 Å². The normalized spacial score (nSPS) is 15.9. The zero-order valence-electron chi connectivity index (χ0n) is 15.1. The highest BCUT2D eigenvalue weighted by molar-refractivity contribution is 5.78. The lowest BCUT2D eigenvalue weighted by Crippen LogP contribution is -2.44. The lowest BCUT2D eigenvalue weighted by molar-refractivity contribution is -0.121. The van der Waals surface area contributed by atoms with Crippen molar-refractivity contribution in [3.8, 4) is 0 Å². The highest BCUT2D eigenvalue weighted by Crippen LogP contribution is 2.14. The van der Waals surface area contributed by atoms with Crippen LogP contribution in [0.5, 0.6) is 0 Å². The van der Waals surface area contributed by atoms with Crippen molar-refractivity contribution in [1.29, 1.82) is 0 Å². The molecule has 0 aliphatic carbocycles. The Morgan fingerprint density at radius 3 is 2.67 bits per heavy atom. The number of halogens is 1. The van der Waals surface area contributed by atoms with E-state index < -0.39 is 0 Å². The van der Waals surface area contributed by atoms with Crippen molar-refractivity contribution >= 4 is 11.6 Å². The summed E-state index contributed by atoms with van der Waals surface area (Å²) in [6.07, 6.45) is 5.20. The third-order valence-electron chi connectivity index (χ3n) is 5.01. The highest BCUT2D eigenvalue weighted by Gasteiger charge is 2.21. The van der Waals surface area contributed by atoms with E-state index >= 15 is 0 Å². The van der Waals surface area contributed by atoms with Crippen molar-refractivity contribution in [2.75, 3.05) is 13.1 Å². The summed E-state index contributed by atoms with van der Waals surface area (Å²) in [5.41, 5.74) is 2.62. The van der Waals surface area contributed by atoms with Crippen LogP contribution in [0.3, 0.4) is 0 Å². The molecule has 2 aromatic heterocycles. The van der Waals surface area contributed by atoms with Crippen molar-refractivity contribution in [2.45, 2.75) is 31.8 Å². The summed E-state index contributed by atoms with van der Waals surface area (Å²) >= 11 is 0. The predicted octanol–water partition coefficient (Wildman–Crippen LogP) is 2.80. The molecule has 0 spiro atoms. The second-order valence-corrected chi connectivity index (χ2v) is 7.13. The standard InChI is InChI=1S/C21H23FN4O/c22-17-6-7-20-23-19(15-26(20)14-17)12-21(27)24-18-8-10-25(11-9-18)13-16-4-2-1-3-5-16/h1-7,14-15,18H,8-13H2,(H,24,27). The van der Waals surface area contributed by atoms with Crippen molar-refractivity contribution in [1.82, 2.24) is 19.6 Å². The summed E-state index contributed by atoms with van der Waals surface area (Å²) in [6.45, 7) is 2.92. The number of piperidine rings is 1. The van der Waals surface area contributed by atoms with Crippen LogP contribution in [0.1, 0.15) is 24.1 Å². The molecule has 1 fully saturated rings. The molecule has 1 saturated heterocycles. The molecular formula is C21H23FN4O. The van der Waals surface area contributed by atoms with E-state index in [1.54, 1.807) is 16.7 Å². The van der Waals surface area contributed by atoms with Gasteiger partial charge < -0.3 is 9.72 Å². The Kier molecular flexibility index (Phi) is 5.16. The molecule has 4 rings (SSSR count). The number of fused-ring (bicyclic) bond motifs is 1. The summed E-state index contributed by atoms with van der Waals surface area (Å²) in [5.74, 6) is -0.349. The van der Waals surface area contributed by atoms with E-state index in [-0.39, 0.29) is 24.2 Å². The van der Waals surface area contributed by atoms with Crippen molar-refractivity contribution in [3.63, 3.8) is 0 Å². The summed E-state index contributed by atoms with van der Waals surface area (Å²) in [6, 6.07) is 13.6. The fourth-order valence-electron chi connectivity index (χ4n) is 3.62. The molecule has 0 radical (unpaired) electrons. The first kappa shape index (κ1) is 17.7. The topological polar surface area (TPSA) is 49.6 Å². The van der Waals surface area contributed by atoms with Crippen LogP contribution in [0.4, 0.5) is 4.39 Å². The van der Waals surface area contributed by atoms with Gasteiger partial charge in [-0.2, -0.15) is 0 Å². The zero-order valence-corrected chi connectivity index (χ0v) is 15.1. The Bertz CT molecular complexity index is 916. The molecule has 0 saturated carbocycles. The molecule has 6 heteroatoms. The lowest BCUT2D eigenvalue weighted by Gasteiger charge is -2.32. The highest BCUT2D eigenvalue weighted by atomic mass is 19.1. The van der Waals surface area contributed by atoms with E-state index in [9.17, 15) is 9.18 Å². The van der Waals surface area contributed by atoms with Gasteiger partial charge >= 0.3 is 0 Å². The van der Waals surface area contributed by atoms with Gasteiger partial charge in [0, 0.05) is 38.1 Å². The predicted molar refractivity (Wildman–Crippen MR) is 102 cm³/mol. The molecule has 1 N–H and O–H groups in total. The smallest absolute Gasteiger partial charge is 0.226 e. The van der Waals surface area contributed by atoms with Crippen LogP contribution in [-0.4, -0.2) is 39.3 Å². The van der Waals surface area contributed by atoms with Crippen LogP contribution in [0.25, 0.3) is 5.65 Å². The van der Waals surface area contributed by atoms with E-state index in [2.05, 4.69) is 39.5 Å². The number of rotatable bonds is 5. The van der Waals surface area contributed by atoms with E-state index in [0.29, 0.717) is 11.3 Å². The Hall–Kier alpha value is -2.73. The number of aromatic nitrogens is 2. The summed E-state index contributed by atoms with van der Waals surface area (Å²) in [4.78, 5) is 19.1. The number of imidazole rings is 1. The number of pyridine rings is 1. The molecule has 1 aromatic carbocycles. The van der Waals surface area contributed by atoms with E-state index in [1.807, 2.05) is 6.07 Å². The minimum Gasteiger partial charge on any atom is -0.353 e. The second-order valence-electron chi connectivity index (χ2n) is 7.13. The monoisotopic (exact) mass is 366 g/mol. The Balaban J connectivity index is 1.26. The largest absolute Gasteiger partial charge is 0.353 e. The Labute approximate surface area is 157 Å². The maximum absolute atomic E-state index is 13.3. The van der Waals surface area contributed by atoms with Crippen LogP contribution in [-0.2, 0) is 17.8 Å². The summed E-state index contributed by atoms with van der Waals surface area (Å²) in [5, 5.41) is 3.12. The lowest BCUT2D eigenvalue weighted by atomic mass is 10.0. The van der Waals surface area contributed by atoms with Gasteiger partial charge in [-0.05, 0) is 30.5 Å². The molecule has 5 nitrogen and oxygen atoms in total. The molecule has 0 bridgehead atoms. The Morgan fingerprint density at radius 1 is 1.11 bits per heavy atom. The van der Waals surface area contributed by atoms with Crippen LogP contribution in [0, 0.1) is 5.82 Å². The molecule has 1 amide bonds.